The summed E-state index contributed by atoms with van der Waals surface area (Å²) in [5.41, 5.74) is 2.18. The molecule has 0 saturated heterocycles. The predicted molar refractivity (Wildman–Crippen MR) is 61.6 cm³/mol. The lowest BCUT2D eigenvalue weighted by Crippen LogP contribution is -1.89. The fourth-order valence-electron chi connectivity index (χ4n) is 1.42. The highest BCUT2D eigenvalue weighted by atomic mass is 79.9. The summed E-state index contributed by atoms with van der Waals surface area (Å²) in [6.07, 6.45) is 5.26. The molecular formula is C11H13BrN2. The van der Waals surface area contributed by atoms with E-state index in [0.29, 0.717) is 5.92 Å². The molecule has 0 saturated carbocycles. The van der Waals surface area contributed by atoms with Gasteiger partial charge in [0.25, 0.3) is 0 Å². The highest BCUT2D eigenvalue weighted by Gasteiger charge is 2.07. The zero-order valence-corrected chi connectivity index (χ0v) is 9.95. The van der Waals surface area contributed by atoms with Crippen molar-refractivity contribution in [3.8, 4) is 0 Å². The van der Waals surface area contributed by atoms with Crippen molar-refractivity contribution in [2.45, 2.75) is 26.2 Å². The van der Waals surface area contributed by atoms with Gasteiger partial charge in [0.2, 0.25) is 0 Å². The summed E-state index contributed by atoms with van der Waals surface area (Å²) in [5.74, 6) is 0.536. The molecule has 2 heterocycles. The molecule has 0 aliphatic heterocycles. The van der Waals surface area contributed by atoms with Gasteiger partial charge in [-0.1, -0.05) is 29.8 Å². The Hall–Kier alpha value is -0.830. The molecule has 0 aliphatic rings. The molecule has 3 heteroatoms. The minimum Gasteiger partial charge on any atom is -0.307 e. The topological polar surface area (TPSA) is 17.3 Å². The van der Waals surface area contributed by atoms with Gasteiger partial charge in [-0.3, -0.25) is 0 Å². The lowest BCUT2D eigenvalue weighted by atomic mass is 10.1. The number of rotatable bonds is 2. The van der Waals surface area contributed by atoms with Gasteiger partial charge < -0.3 is 4.40 Å². The number of fused-ring (bicyclic) bond motifs is 1. The summed E-state index contributed by atoms with van der Waals surface area (Å²) in [5, 5.41) is 0. The molecule has 0 spiro atoms. The molecule has 1 unspecified atom stereocenters. The zero-order valence-electron chi connectivity index (χ0n) is 8.37. The smallest absolute Gasteiger partial charge is 0.138 e. The summed E-state index contributed by atoms with van der Waals surface area (Å²) in [7, 11) is 0. The Bertz CT molecular complexity index is 447. The minimum atomic E-state index is 0.536. The van der Waals surface area contributed by atoms with E-state index in [2.05, 4.69) is 45.4 Å². The third kappa shape index (κ3) is 1.69. The highest BCUT2D eigenvalue weighted by Crippen LogP contribution is 2.19. The van der Waals surface area contributed by atoms with Crippen molar-refractivity contribution in [1.82, 2.24) is 9.38 Å². The van der Waals surface area contributed by atoms with Gasteiger partial charge >= 0.3 is 0 Å². The quantitative estimate of drug-likeness (QED) is 0.799. The normalized spacial score (nSPS) is 13.4. The van der Waals surface area contributed by atoms with Gasteiger partial charge in [0.1, 0.15) is 5.65 Å². The van der Waals surface area contributed by atoms with Crippen molar-refractivity contribution in [1.29, 1.82) is 0 Å². The van der Waals surface area contributed by atoms with Crippen molar-refractivity contribution in [2.24, 2.45) is 0 Å². The summed E-state index contributed by atoms with van der Waals surface area (Å²) < 4.78 is 3.14. The first kappa shape index (κ1) is 9.71. The predicted octanol–water partition coefficient (Wildman–Crippen LogP) is 3.61. The first-order chi connectivity index (χ1) is 6.70. The Balaban J connectivity index is 2.51. The third-order valence-corrected chi connectivity index (χ3v) is 3.05. The molecule has 2 aromatic heterocycles. The van der Waals surface area contributed by atoms with Crippen LogP contribution in [-0.4, -0.2) is 9.38 Å². The van der Waals surface area contributed by atoms with Gasteiger partial charge in [-0.15, -0.1) is 0 Å². The monoisotopic (exact) mass is 252 g/mol. The fraction of sp³-hybridized carbons (Fsp3) is 0.364. The maximum atomic E-state index is 4.58. The van der Waals surface area contributed by atoms with Gasteiger partial charge in [0.05, 0.1) is 5.69 Å². The molecule has 0 bridgehead atoms. The lowest BCUT2D eigenvalue weighted by molar-refractivity contribution is 0.714. The minimum absolute atomic E-state index is 0.536. The van der Waals surface area contributed by atoms with Crippen LogP contribution < -0.4 is 0 Å². The molecule has 0 N–H and O–H groups in total. The summed E-state index contributed by atoms with van der Waals surface area (Å²) in [6, 6.07) is 4.06. The van der Waals surface area contributed by atoms with E-state index in [1.807, 2.05) is 18.3 Å². The molecule has 2 aromatic rings. The number of imidazole rings is 1. The number of halogens is 1. The lowest BCUT2D eigenvalue weighted by Gasteiger charge is -2.01. The van der Waals surface area contributed by atoms with Crippen molar-refractivity contribution in [3.05, 3.63) is 34.7 Å². The molecule has 0 radical (unpaired) electrons. The van der Waals surface area contributed by atoms with E-state index in [4.69, 9.17) is 0 Å². The Morgan fingerprint density at radius 2 is 2.36 bits per heavy atom. The summed E-state index contributed by atoms with van der Waals surface area (Å²) in [6.45, 7) is 4.39. The van der Waals surface area contributed by atoms with Gasteiger partial charge in [0, 0.05) is 16.9 Å². The van der Waals surface area contributed by atoms with Crippen LogP contribution >= 0.6 is 15.9 Å². The molecule has 0 amide bonds. The number of hydrogen-bond donors (Lipinski definition) is 0. The van der Waals surface area contributed by atoms with E-state index in [1.165, 1.54) is 5.69 Å². The van der Waals surface area contributed by atoms with E-state index in [9.17, 15) is 0 Å². The molecular weight excluding hydrogens is 240 g/mol. The molecule has 2 nitrogen and oxygen atoms in total. The fourth-order valence-corrected chi connectivity index (χ4v) is 1.75. The van der Waals surface area contributed by atoms with E-state index in [0.717, 1.165) is 16.5 Å². The van der Waals surface area contributed by atoms with Gasteiger partial charge in [-0.05, 0) is 24.5 Å². The second kappa shape index (κ2) is 3.73. The molecule has 0 aliphatic carbocycles. The maximum Gasteiger partial charge on any atom is 0.138 e. The van der Waals surface area contributed by atoms with Gasteiger partial charge in [0.15, 0.2) is 0 Å². The second-order valence-electron chi connectivity index (χ2n) is 3.59. The van der Waals surface area contributed by atoms with Crippen molar-refractivity contribution in [2.75, 3.05) is 0 Å². The van der Waals surface area contributed by atoms with Crippen molar-refractivity contribution < 1.29 is 0 Å². The number of hydrogen-bond acceptors (Lipinski definition) is 1. The van der Waals surface area contributed by atoms with Crippen molar-refractivity contribution >= 4 is 21.6 Å². The van der Waals surface area contributed by atoms with Crippen LogP contribution in [0.5, 0.6) is 0 Å². The van der Waals surface area contributed by atoms with E-state index < -0.39 is 0 Å². The van der Waals surface area contributed by atoms with Crippen LogP contribution in [0, 0.1) is 0 Å². The van der Waals surface area contributed by atoms with Crippen LogP contribution in [-0.2, 0) is 0 Å². The largest absolute Gasteiger partial charge is 0.307 e. The van der Waals surface area contributed by atoms with Crippen LogP contribution in [0.25, 0.3) is 5.65 Å². The van der Waals surface area contributed by atoms with Crippen LogP contribution in [0.2, 0.25) is 0 Å². The Kier molecular flexibility index (Phi) is 2.59. The average molecular weight is 253 g/mol. The average Bonchev–Trinajstić information content (AvgIpc) is 2.59. The van der Waals surface area contributed by atoms with Crippen LogP contribution in [0.3, 0.4) is 0 Å². The summed E-state index contributed by atoms with van der Waals surface area (Å²) >= 11 is 3.44. The molecule has 0 aromatic carbocycles. The first-order valence-corrected chi connectivity index (χ1v) is 5.64. The SMILES string of the molecule is CCC(C)c1cn2ccc(Br)cc2n1. The van der Waals surface area contributed by atoms with Crippen LogP contribution in [0.1, 0.15) is 31.9 Å². The third-order valence-electron chi connectivity index (χ3n) is 2.56. The van der Waals surface area contributed by atoms with Gasteiger partial charge in [-0.25, -0.2) is 4.98 Å². The van der Waals surface area contributed by atoms with Gasteiger partial charge in [-0.2, -0.15) is 0 Å². The molecule has 1 atom stereocenters. The Labute approximate surface area is 92.1 Å². The van der Waals surface area contributed by atoms with Crippen LogP contribution in [0.15, 0.2) is 29.0 Å². The first-order valence-electron chi connectivity index (χ1n) is 4.85. The Morgan fingerprint density at radius 3 is 3.07 bits per heavy atom. The molecule has 14 heavy (non-hydrogen) atoms. The number of nitrogens with zero attached hydrogens (tertiary/aromatic N) is 2. The zero-order chi connectivity index (χ0) is 10.1. The standard InChI is InChI=1S/C11H13BrN2/c1-3-8(2)10-7-14-5-4-9(12)6-11(14)13-10/h4-8H,3H2,1-2H3. The Morgan fingerprint density at radius 1 is 1.57 bits per heavy atom. The molecule has 0 fully saturated rings. The van der Waals surface area contributed by atoms with E-state index in [1.54, 1.807) is 0 Å². The van der Waals surface area contributed by atoms with Crippen molar-refractivity contribution in [3.63, 3.8) is 0 Å². The molecule has 74 valence electrons. The second-order valence-corrected chi connectivity index (χ2v) is 4.50. The number of pyridine rings is 1. The maximum absolute atomic E-state index is 4.58. The number of aromatic nitrogens is 2. The summed E-state index contributed by atoms with van der Waals surface area (Å²) in [4.78, 5) is 4.58. The molecule has 2 rings (SSSR count). The van der Waals surface area contributed by atoms with E-state index >= 15 is 0 Å². The van der Waals surface area contributed by atoms with E-state index in [-0.39, 0.29) is 0 Å². The van der Waals surface area contributed by atoms with Crippen LogP contribution in [0.4, 0.5) is 0 Å². The highest BCUT2D eigenvalue weighted by molar-refractivity contribution is 9.10.